The van der Waals surface area contributed by atoms with Crippen LogP contribution in [-0.2, 0) is 0 Å². The summed E-state index contributed by atoms with van der Waals surface area (Å²) >= 11 is 0. The number of likely N-dealkylation sites (tertiary alicyclic amines) is 1. The minimum atomic E-state index is -0.298. The number of furan rings is 1. The van der Waals surface area contributed by atoms with Crippen LogP contribution in [-0.4, -0.2) is 29.8 Å². The molecule has 0 spiro atoms. The standard InChI is InChI=1S/C21H24N2O3/c24-20(19-6-3-13-26-19)22-18-9-7-16(8-10-18)21(25)23-12-11-15-4-1-2-5-17(15)14-23/h3,6-10,13,15,17H,1-2,4-5,11-12,14H2,(H,22,24)/t15-,17-/m1/s1. The number of rotatable bonds is 3. The van der Waals surface area contributed by atoms with Gasteiger partial charge in [0.1, 0.15) is 0 Å². The molecular weight excluding hydrogens is 328 g/mol. The summed E-state index contributed by atoms with van der Waals surface area (Å²) in [4.78, 5) is 26.8. The Kier molecular flexibility index (Phi) is 4.78. The molecule has 1 aromatic heterocycles. The minimum Gasteiger partial charge on any atom is -0.459 e. The van der Waals surface area contributed by atoms with E-state index in [0.717, 1.165) is 25.4 Å². The molecule has 2 amide bonds. The van der Waals surface area contributed by atoms with Crippen LogP contribution in [0, 0.1) is 11.8 Å². The number of carbonyl (C=O) groups is 2. The molecule has 1 saturated carbocycles. The van der Waals surface area contributed by atoms with E-state index in [0.29, 0.717) is 17.2 Å². The lowest BCUT2D eigenvalue weighted by Gasteiger charge is -2.41. The topological polar surface area (TPSA) is 62.6 Å². The monoisotopic (exact) mass is 352 g/mol. The number of nitrogens with zero attached hydrogens (tertiary/aromatic N) is 1. The van der Waals surface area contributed by atoms with Crippen molar-refractivity contribution in [2.75, 3.05) is 18.4 Å². The molecular formula is C21H24N2O3. The average molecular weight is 352 g/mol. The van der Waals surface area contributed by atoms with Gasteiger partial charge in [-0.2, -0.15) is 0 Å². The molecule has 1 saturated heterocycles. The zero-order chi connectivity index (χ0) is 17.9. The third-order valence-corrected chi connectivity index (χ3v) is 5.71. The molecule has 2 aromatic rings. The van der Waals surface area contributed by atoms with Gasteiger partial charge in [-0.15, -0.1) is 0 Å². The van der Waals surface area contributed by atoms with Gasteiger partial charge in [-0.3, -0.25) is 9.59 Å². The van der Waals surface area contributed by atoms with E-state index in [-0.39, 0.29) is 17.6 Å². The smallest absolute Gasteiger partial charge is 0.291 e. The molecule has 2 aliphatic rings. The van der Waals surface area contributed by atoms with Crippen LogP contribution >= 0.6 is 0 Å². The quantitative estimate of drug-likeness (QED) is 0.901. The first-order chi connectivity index (χ1) is 12.7. The van der Waals surface area contributed by atoms with Gasteiger partial charge in [0.25, 0.3) is 11.8 Å². The minimum absolute atomic E-state index is 0.0953. The molecule has 0 bridgehead atoms. The summed E-state index contributed by atoms with van der Waals surface area (Å²) in [5, 5.41) is 2.77. The van der Waals surface area contributed by atoms with Gasteiger partial charge in [-0.1, -0.05) is 19.3 Å². The maximum atomic E-state index is 12.8. The Morgan fingerprint density at radius 3 is 2.50 bits per heavy atom. The number of amides is 2. The van der Waals surface area contributed by atoms with Crippen LogP contribution in [0.2, 0.25) is 0 Å². The summed E-state index contributed by atoms with van der Waals surface area (Å²) in [5.74, 6) is 1.55. The largest absolute Gasteiger partial charge is 0.459 e. The third kappa shape index (κ3) is 3.52. The summed E-state index contributed by atoms with van der Waals surface area (Å²) in [6.07, 6.45) is 7.83. The van der Waals surface area contributed by atoms with Crippen molar-refractivity contribution < 1.29 is 14.0 Å². The van der Waals surface area contributed by atoms with Crippen LogP contribution in [0.3, 0.4) is 0 Å². The van der Waals surface area contributed by atoms with Crippen molar-refractivity contribution in [3.05, 3.63) is 54.0 Å². The first kappa shape index (κ1) is 16.9. The van der Waals surface area contributed by atoms with Crippen LogP contribution in [0.5, 0.6) is 0 Å². The van der Waals surface area contributed by atoms with E-state index in [2.05, 4.69) is 5.32 Å². The first-order valence-electron chi connectivity index (χ1n) is 9.45. The third-order valence-electron chi connectivity index (χ3n) is 5.71. The van der Waals surface area contributed by atoms with Crippen molar-refractivity contribution in [2.45, 2.75) is 32.1 Å². The summed E-state index contributed by atoms with van der Waals surface area (Å²) in [6.45, 7) is 1.75. The van der Waals surface area contributed by atoms with Crippen molar-refractivity contribution in [1.29, 1.82) is 0 Å². The molecule has 2 heterocycles. The Morgan fingerprint density at radius 1 is 1.00 bits per heavy atom. The molecule has 5 nitrogen and oxygen atoms in total. The number of hydrogen-bond donors (Lipinski definition) is 1. The van der Waals surface area contributed by atoms with E-state index in [1.165, 1.54) is 31.9 Å². The average Bonchev–Trinajstić information content (AvgIpc) is 3.23. The Hall–Kier alpha value is -2.56. The predicted molar refractivity (Wildman–Crippen MR) is 99.1 cm³/mol. The molecule has 136 valence electrons. The molecule has 26 heavy (non-hydrogen) atoms. The molecule has 4 rings (SSSR count). The van der Waals surface area contributed by atoms with E-state index in [1.54, 1.807) is 36.4 Å². The van der Waals surface area contributed by atoms with E-state index in [1.807, 2.05) is 4.90 Å². The van der Waals surface area contributed by atoms with Gasteiger partial charge >= 0.3 is 0 Å². The number of carbonyl (C=O) groups excluding carboxylic acids is 2. The van der Waals surface area contributed by atoms with Gasteiger partial charge in [0.05, 0.1) is 6.26 Å². The lowest BCUT2D eigenvalue weighted by Crippen LogP contribution is -2.44. The maximum absolute atomic E-state index is 12.8. The van der Waals surface area contributed by atoms with E-state index in [4.69, 9.17) is 4.42 Å². The van der Waals surface area contributed by atoms with E-state index in [9.17, 15) is 9.59 Å². The highest BCUT2D eigenvalue weighted by atomic mass is 16.3. The fourth-order valence-electron chi connectivity index (χ4n) is 4.26. The Bertz CT molecular complexity index is 767. The normalized spacial score (nSPS) is 22.5. The molecule has 0 radical (unpaired) electrons. The van der Waals surface area contributed by atoms with Crippen LogP contribution in [0.4, 0.5) is 5.69 Å². The first-order valence-corrected chi connectivity index (χ1v) is 9.45. The van der Waals surface area contributed by atoms with Gasteiger partial charge < -0.3 is 14.6 Å². The highest BCUT2D eigenvalue weighted by molar-refractivity contribution is 6.02. The SMILES string of the molecule is O=C(Nc1ccc(C(=O)N2CC[C@H]3CCCC[C@@H]3C2)cc1)c1ccco1. The van der Waals surface area contributed by atoms with Gasteiger partial charge in [0, 0.05) is 24.3 Å². The molecule has 1 N–H and O–H groups in total. The Labute approximate surface area is 153 Å². The Balaban J connectivity index is 1.38. The predicted octanol–water partition coefficient (Wildman–Crippen LogP) is 4.18. The second-order valence-electron chi connectivity index (χ2n) is 7.35. The second kappa shape index (κ2) is 7.36. The molecule has 1 aliphatic carbocycles. The van der Waals surface area contributed by atoms with Crippen molar-refractivity contribution in [2.24, 2.45) is 11.8 Å². The fraction of sp³-hybridized carbons (Fsp3) is 0.429. The zero-order valence-electron chi connectivity index (χ0n) is 14.8. The van der Waals surface area contributed by atoms with Crippen molar-refractivity contribution in [1.82, 2.24) is 4.90 Å². The Morgan fingerprint density at radius 2 is 1.77 bits per heavy atom. The van der Waals surface area contributed by atoms with Crippen molar-refractivity contribution in [3.63, 3.8) is 0 Å². The molecule has 0 unspecified atom stereocenters. The van der Waals surface area contributed by atoms with Crippen molar-refractivity contribution in [3.8, 4) is 0 Å². The van der Waals surface area contributed by atoms with Crippen molar-refractivity contribution >= 4 is 17.5 Å². The van der Waals surface area contributed by atoms with Gasteiger partial charge in [-0.25, -0.2) is 0 Å². The van der Waals surface area contributed by atoms with Crippen LogP contribution in [0.25, 0.3) is 0 Å². The number of fused-ring (bicyclic) bond motifs is 1. The number of nitrogens with one attached hydrogen (secondary N) is 1. The highest BCUT2D eigenvalue weighted by Gasteiger charge is 2.33. The van der Waals surface area contributed by atoms with E-state index < -0.39 is 0 Å². The summed E-state index contributed by atoms with van der Waals surface area (Å²) in [7, 11) is 0. The molecule has 2 atom stereocenters. The highest BCUT2D eigenvalue weighted by Crippen LogP contribution is 2.36. The fourth-order valence-corrected chi connectivity index (χ4v) is 4.26. The van der Waals surface area contributed by atoms with Gasteiger partial charge in [-0.05, 0) is 61.1 Å². The summed E-state index contributed by atoms with van der Waals surface area (Å²) in [5.41, 5.74) is 1.32. The molecule has 2 fully saturated rings. The number of benzene rings is 1. The molecule has 1 aromatic carbocycles. The number of piperidine rings is 1. The summed E-state index contributed by atoms with van der Waals surface area (Å²) < 4.78 is 5.08. The molecule has 5 heteroatoms. The van der Waals surface area contributed by atoms with Crippen LogP contribution in [0.1, 0.15) is 53.0 Å². The van der Waals surface area contributed by atoms with Crippen LogP contribution in [0.15, 0.2) is 47.1 Å². The lowest BCUT2D eigenvalue weighted by molar-refractivity contribution is 0.0521. The maximum Gasteiger partial charge on any atom is 0.291 e. The van der Waals surface area contributed by atoms with Gasteiger partial charge in [0.2, 0.25) is 0 Å². The van der Waals surface area contributed by atoms with Gasteiger partial charge in [0.15, 0.2) is 5.76 Å². The van der Waals surface area contributed by atoms with E-state index >= 15 is 0 Å². The second-order valence-corrected chi connectivity index (χ2v) is 7.35. The lowest BCUT2D eigenvalue weighted by atomic mass is 9.75. The molecule has 1 aliphatic heterocycles. The zero-order valence-corrected chi connectivity index (χ0v) is 14.8. The number of anilines is 1. The summed E-state index contributed by atoms with van der Waals surface area (Å²) in [6, 6.07) is 10.4. The number of hydrogen-bond acceptors (Lipinski definition) is 3. The van der Waals surface area contributed by atoms with Crippen LogP contribution < -0.4 is 5.32 Å².